The van der Waals surface area contributed by atoms with Crippen molar-refractivity contribution in [2.24, 2.45) is 0 Å². The summed E-state index contributed by atoms with van der Waals surface area (Å²) in [4.78, 5) is 0. The molecule has 0 saturated carbocycles. The monoisotopic (exact) mass is 634 g/mol. The second kappa shape index (κ2) is 11.4. The third kappa shape index (κ3) is 7.01. The van der Waals surface area contributed by atoms with E-state index in [4.69, 9.17) is 27.9 Å². The van der Waals surface area contributed by atoms with Crippen LogP contribution in [0.25, 0.3) is 0 Å². The predicted molar refractivity (Wildman–Crippen MR) is 136 cm³/mol. The van der Waals surface area contributed by atoms with Crippen LogP contribution in [0.4, 0.5) is 0 Å². The molecule has 152 valence electrons. The van der Waals surface area contributed by atoms with E-state index in [0.29, 0.717) is 0 Å². The number of allylic oxidation sites excluding steroid dienone is 4. The summed E-state index contributed by atoms with van der Waals surface area (Å²) in [5.41, 5.74) is -0.553. The molecule has 0 aromatic heterocycles. The smallest absolute Gasteiger partial charge is 0.0923 e. The molecule has 0 aliphatic heterocycles. The van der Waals surface area contributed by atoms with E-state index in [1.54, 1.807) is 0 Å². The topological polar surface area (TPSA) is 9.23 Å². The molecule has 0 spiro atoms. The van der Waals surface area contributed by atoms with Crippen LogP contribution >= 0.6 is 68.4 Å². The summed E-state index contributed by atoms with van der Waals surface area (Å²) >= 11 is 17.4. The molecular weight excluding hydrogens is 605 g/mol. The first-order valence-corrected chi connectivity index (χ1v) is 13.0. The van der Waals surface area contributed by atoms with Crippen molar-refractivity contribution in [3.05, 3.63) is 41.5 Å². The lowest BCUT2D eigenvalue weighted by atomic mass is 9.84. The van der Waals surface area contributed by atoms with Crippen molar-refractivity contribution in [1.82, 2.24) is 0 Å². The van der Waals surface area contributed by atoms with Gasteiger partial charge in [-0.15, -0.1) is 0 Å². The largest absolute Gasteiger partial charge is 0.360 e. The molecule has 2 aliphatic carbocycles. The lowest BCUT2D eigenvalue weighted by Crippen LogP contribution is -2.44. The molecule has 0 N–H and O–H groups in total. The van der Waals surface area contributed by atoms with E-state index in [9.17, 15) is 0 Å². The number of rotatable bonds is 10. The molecule has 0 bridgehead atoms. The Morgan fingerprint density at radius 3 is 1.56 bits per heavy atom. The van der Waals surface area contributed by atoms with Crippen molar-refractivity contribution in [2.75, 3.05) is 0 Å². The summed E-state index contributed by atoms with van der Waals surface area (Å²) in [6.07, 6.45) is 19.8. The number of hydrogen-bond acceptors (Lipinski definition) is 1. The maximum Gasteiger partial charge on any atom is 0.0923 e. The Morgan fingerprint density at radius 1 is 0.815 bits per heavy atom. The molecule has 0 heterocycles. The summed E-state index contributed by atoms with van der Waals surface area (Å²) in [5.74, 6) is 0. The zero-order chi connectivity index (χ0) is 19.9. The predicted octanol–water partition coefficient (Wildman–Crippen LogP) is 9.33. The van der Waals surface area contributed by atoms with E-state index < -0.39 is 0 Å². The van der Waals surface area contributed by atoms with Crippen LogP contribution in [-0.4, -0.2) is 11.2 Å². The average molecular weight is 635 g/mol. The van der Waals surface area contributed by atoms with Gasteiger partial charge in [-0.25, -0.2) is 0 Å². The third-order valence-electron chi connectivity index (χ3n) is 5.30. The highest BCUT2D eigenvalue weighted by molar-refractivity contribution is 14.1. The van der Waals surface area contributed by atoms with Crippen LogP contribution in [0.3, 0.4) is 0 Å². The van der Waals surface area contributed by atoms with Gasteiger partial charge in [0.05, 0.1) is 11.2 Å². The molecule has 0 saturated heterocycles. The van der Waals surface area contributed by atoms with Gasteiger partial charge in [-0.3, -0.25) is 0 Å². The minimum atomic E-state index is -0.276. The van der Waals surface area contributed by atoms with Crippen molar-refractivity contribution >= 4 is 68.4 Å². The summed E-state index contributed by atoms with van der Waals surface area (Å²) in [6.45, 7) is 4.49. The lowest BCUT2D eigenvalue weighted by Gasteiger charge is -2.44. The van der Waals surface area contributed by atoms with Gasteiger partial charge in [0.15, 0.2) is 0 Å². The molecule has 2 atom stereocenters. The van der Waals surface area contributed by atoms with Gasteiger partial charge in [0.1, 0.15) is 0 Å². The first-order chi connectivity index (χ1) is 12.9. The highest BCUT2D eigenvalue weighted by Gasteiger charge is 2.41. The third-order valence-corrected chi connectivity index (χ3v) is 8.44. The maximum absolute atomic E-state index is 7.07. The van der Waals surface area contributed by atoms with E-state index >= 15 is 0 Å². The van der Waals surface area contributed by atoms with Gasteiger partial charge >= 0.3 is 0 Å². The van der Waals surface area contributed by atoms with Gasteiger partial charge in [-0.2, -0.15) is 0 Å². The fourth-order valence-corrected chi connectivity index (χ4v) is 5.62. The molecule has 0 radical (unpaired) electrons. The maximum atomic E-state index is 7.07. The Morgan fingerprint density at radius 2 is 1.22 bits per heavy atom. The number of halogens is 4. The van der Waals surface area contributed by atoms with Crippen molar-refractivity contribution < 1.29 is 4.74 Å². The Kier molecular flexibility index (Phi) is 10.2. The van der Waals surface area contributed by atoms with Crippen LogP contribution in [-0.2, 0) is 4.74 Å². The minimum absolute atomic E-state index is 0.276. The molecule has 0 amide bonds. The second-order valence-electron chi connectivity index (χ2n) is 7.64. The quantitative estimate of drug-likeness (QED) is 0.172. The van der Waals surface area contributed by atoms with Crippen LogP contribution in [0, 0.1) is 0 Å². The summed E-state index contributed by atoms with van der Waals surface area (Å²) in [7, 11) is 0. The highest BCUT2D eigenvalue weighted by Crippen LogP contribution is 2.45. The molecule has 2 rings (SSSR count). The van der Waals surface area contributed by atoms with Crippen LogP contribution < -0.4 is 0 Å². The van der Waals surface area contributed by atoms with Gasteiger partial charge in [0.2, 0.25) is 0 Å². The minimum Gasteiger partial charge on any atom is -0.360 e. The molecule has 27 heavy (non-hydrogen) atoms. The molecule has 5 heteroatoms. The fraction of sp³-hybridized carbons (Fsp3) is 0.636. The van der Waals surface area contributed by atoms with Crippen molar-refractivity contribution in [1.29, 1.82) is 0 Å². The Bertz CT molecular complexity index is 584. The van der Waals surface area contributed by atoms with Crippen LogP contribution in [0.5, 0.6) is 0 Å². The zero-order valence-electron chi connectivity index (χ0n) is 16.3. The van der Waals surface area contributed by atoms with E-state index in [2.05, 4.69) is 83.3 Å². The van der Waals surface area contributed by atoms with Crippen molar-refractivity contribution in [2.45, 2.75) is 89.3 Å². The fourth-order valence-electron chi connectivity index (χ4n) is 3.78. The molecule has 0 aromatic carbocycles. The van der Waals surface area contributed by atoms with Gasteiger partial charge < -0.3 is 4.74 Å². The summed E-state index contributed by atoms with van der Waals surface area (Å²) in [5, 5.41) is 1.70. The van der Waals surface area contributed by atoms with E-state index in [1.165, 1.54) is 38.5 Å². The van der Waals surface area contributed by atoms with Crippen LogP contribution in [0.15, 0.2) is 41.5 Å². The Labute approximate surface area is 202 Å². The number of hydrogen-bond donors (Lipinski definition) is 0. The Balaban J connectivity index is 2.30. The van der Waals surface area contributed by atoms with Crippen molar-refractivity contribution in [3.8, 4) is 0 Å². The average Bonchev–Trinajstić information content (AvgIpc) is 2.63. The Hall–Kier alpha value is 0.960. The van der Waals surface area contributed by atoms with Gasteiger partial charge in [0.25, 0.3) is 0 Å². The summed E-state index contributed by atoms with van der Waals surface area (Å²) < 4.78 is 9.27. The molecular formula is C22H30Cl2I2O. The van der Waals surface area contributed by atoms with Gasteiger partial charge in [-0.1, -0.05) is 87.7 Å². The number of unbranched alkanes of at least 4 members (excludes halogenated alkanes) is 4. The van der Waals surface area contributed by atoms with E-state index in [0.717, 1.165) is 42.9 Å². The van der Waals surface area contributed by atoms with Crippen molar-refractivity contribution in [3.63, 3.8) is 0 Å². The molecule has 2 unspecified atom stereocenters. The molecule has 1 nitrogen and oxygen atoms in total. The second-order valence-corrected chi connectivity index (χ2v) is 10.8. The number of ether oxygens (including phenoxy) is 1. The molecule has 0 fully saturated rings. The van der Waals surface area contributed by atoms with E-state index in [1.807, 2.05) is 0 Å². The van der Waals surface area contributed by atoms with Crippen LogP contribution in [0.2, 0.25) is 0 Å². The molecule has 2 aliphatic rings. The molecule has 0 aromatic rings. The SMILES string of the molecule is CCCCCC1(OC2(CCCCC)C=C(I)C(Cl)=CC2)C=C(I)C(Cl)=CC1. The lowest BCUT2D eigenvalue weighted by molar-refractivity contribution is -0.115. The standard InChI is InChI=1S/C22H30Cl2I2O/c1-3-5-7-11-21(13-9-17(23)19(25)15-21)27-22(12-8-6-4-2)14-10-18(24)20(26)16-22/h9-10,15-16H,3-8,11-14H2,1-2H3. The summed E-state index contributed by atoms with van der Waals surface area (Å²) in [6, 6.07) is 0. The first kappa shape index (κ1) is 24.2. The zero-order valence-corrected chi connectivity index (χ0v) is 22.1. The van der Waals surface area contributed by atoms with Gasteiger partial charge in [0, 0.05) is 17.2 Å². The van der Waals surface area contributed by atoms with E-state index in [-0.39, 0.29) is 11.2 Å². The first-order valence-electron chi connectivity index (χ1n) is 10.0. The normalized spacial score (nSPS) is 28.4. The van der Waals surface area contributed by atoms with Gasteiger partial charge in [-0.05, 0) is 83.0 Å². The van der Waals surface area contributed by atoms with Crippen LogP contribution in [0.1, 0.15) is 78.1 Å². The highest BCUT2D eigenvalue weighted by atomic mass is 127.